The summed E-state index contributed by atoms with van der Waals surface area (Å²) in [5, 5.41) is 3.11. The highest BCUT2D eigenvalue weighted by Gasteiger charge is 2.29. The molecule has 0 atom stereocenters. The Morgan fingerprint density at radius 1 is 1.04 bits per heavy atom. The second-order valence-electron chi connectivity index (χ2n) is 7.88. The third-order valence-electron chi connectivity index (χ3n) is 6.06. The molecule has 0 aromatic heterocycles. The van der Waals surface area contributed by atoms with Crippen molar-refractivity contribution < 1.29 is 9.59 Å². The monoisotopic (exact) mass is 340 g/mol. The molecule has 0 bridgehead atoms. The Morgan fingerprint density at radius 2 is 1.80 bits per heavy atom. The quantitative estimate of drug-likeness (QED) is 0.892. The van der Waals surface area contributed by atoms with Gasteiger partial charge in [0, 0.05) is 25.1 Å². The highest BCUT2D eigenvalue weighted by molar-refractivity contribution is 5.99. The summed E-state index contributed by atoms with van der Waals surface area (Å²) in [5.41, 5.74) is 4.49. The number of nitrogens with zero attached hydrogens (tertiary/aromatic N) is 1. The van der Waals surface area contributed by atoms with Crippen LogP contribution in [0.2, 0.25) is 0 Å². The zero-order valence-corrected chi connectivity index (χ0v) is 15.0. The Balaban J connectivity index is 1.43. The minimum Gasteiger partial charge on any atom is -0.326 e. The fraction of sp³-hybridized carbons (Fsp3) is 0.619. The van der Waals surface area contributed by atoms with Gasteiger partial charge in [-0.3, -0.25) is 9.59 Å². The Morgan fingerprint density at radius 3 is 2.60 bits per heavy atom. The smallest absolute Gasteiger partial charge is 0.227 e. The summed E-state index contributed by atoms with van der Waals surface area (Å²) in [5.74, 6) is 1.12. The molecular formula is C21H28N2O2. The van der Waals surface area contributed by atoms with Crippen molar-refractivity contribution in [2.45, 2.75) is 70.6 Å². The molecular weight excluding hydrogens is 312 g/mol. The van der Waals surface area contributed by atoms with Gasteiger partial charge in [-0.1, -0.05) is 32.1 Å². The number of anilines is 2. The number of carbonyl (C=O) groups excluding carboxylic acids is 2. The van der Waals surface area contributed by atoms with Gasteiger partial charge in [-0.15, -0.1) is 0 Å². The summed E-state index contributed by atoms with van der Waals surface area (Å²) < 4.78 is 0. The molecule has 25 heavy (non-hydrogen) atoms. The Hall–Kier alpha value is -1.84. The van der Waals surface area contributed by atoms with E-state index in [9.17, 15) is 9.59 Å². The first-order valence-corrected chi connectivity index (χ1v) is 9.97. The number of hydrogen-bond acceptors (Lipinski definition) is 2. The molecule has 3 aliphatic rings. The molecule has 0 spiro atoms. The van der Waals surface area contributed by atoms with Crippen molar-refractivity contribution in [3.63, 3.8) is 0 Å². The molecule has 1 saturated carbocycles. The molecule has 4 rings (SSSR count). The highest BCUT2D eigenvalue weighted by atomic mass is 16.2. The van der Waals surface area contributed by atoms with Crippen molar-refractivity contribution in [3.05, 3.63) is 23.3 Å². The zero-order chi connectivity index (χ0) is 17.2. The second-order valence-corrected chi connectivity index (χ2v) is 7.88. The van der Waals surface area contributed by atoms with E-state index in [1.807, 2.05) is 4.90 Å². The number of nitrogens with one attached hydrogen (secondary N) is 1. The van der Waals surface area contributed by atoms with E-state index in [4.69, 9.17) is 0 Å². The summed E-state index contributed by atoms with van der Waals surface area (Å²) >= 11 is 0. The molecule has 1 aromatic carbocycles. The average Bonchev–Trinajstić information content (AvgIpc) is 2.64. The van der Waals surface area contributed by atoms with Gasteiger partial charge in [-0.05, 0) is 54.9 Å². The van der Waals surface area contributed by atoms with Gasteiger partial charge < -0.3 is 10.2 Å². The molecule has 1 N–H and O–H groups in total. The normalized spacial score (nSPS) is 20.3. The van der Waals surface area contributed by atoms with E-state index >= 15 is 0 Å². The lowest BCUT2D eigenvalue weighted by atomic mass is 9.86. The van der Waals surface area contributed by atoms with E-state index < -0.39 is 0 Å². The number of hydrogen-bond donors (Lipinski definition) is 1. The molecule has 1 fully saturated rings. The minimum atomic E-state index is 0.136. The first-order valence-electron chi connectivity index (χ1n) is 9.97. The Kier molecular flexibility index (Phi) is 4.78. The van der Waals surface area contributed by atoms with Crippen LogP contribution < -0.4 is 10.2 Å². The molecule has 0 radical (unpaired) electrons. The number of benzene rings is 1. The van der Waals surface area contributed by atoms with Crippen molar-refractivity contribution >= 4 is 23.2 Å². The molecule has 2 aliphatic heterocycles. The van der Waals surface area contributed by atoms with Gasteiger partial charge in [0.25, 0.3) is 0 Å². The van der Waals surface area contributed by atoms with E-state index in [0.717, 1.165) is 49.5 Å². The van der Waals surface area contributed by atoms with Crippen LogP contribution in [0, 0.1) is 5.92 Å². The van der Waals surface area contributed by atoms with Gasteiger partial charge >= 0.3 is 0 Å². The fourth-order valence-electron chi connectivity index (χ4n) is 4.76. The number of aryl methyl sites for hydroxylation is 2. The molecule has 134 valence electrons. The standard InChI is InChI=1S/C21H28N2O2/c24-19(10-8-15-5-2-1-3-6-15)22-18-13-16-7-4-12-23-20(25)11-9-17(14-18)21(16)23/h13-15H,1-12H2,(H,22,24). The summed E-state index contributed by atoms with van der Waals surface area (Å²) in [6.07, 6.45) is 11.6. The number of carbonyl (C=O) groups is 2. The minimum absolute atomic E-state index is 0.136. The van der Waals surface area contributed by atoms with Crippen LogP contribution in [0.15, 0.2) is 12.1 Å². The summed E-state index contributed by atoms with van der Waals surface area (Å²) in [4.78, 5) is 26.5. The third kappa shape index (κ3) is 3.58. The molecule has 0 unspecified atom stereocenters. The van der Waals surface area contributed by atoms with Crippen LogP contribution >= 0.6 is 0 Å². The maximum absolute atomic E-state index is 12.4. The topological polar surface area (TPSA) is 49.4 Å². The van der Waals surface area contributed by atoms with Gasteiger partial charge in [0.05, 0.1) is 5.69 Å². The Bertz CT molecular complexity index is 659. The maximum atomic E-state index is 12.4. The number of rotatable bonds is 4. The number of amides is 2. The Labute approximate surface area is 150 Å². The van der Waals surface area contributed by atoms with Crippen LogP contribution in [-0.4, -0.2) is 18.4 Å². The van der Waals surface area contributed by atoms with Gasteiger partial charge in [0.15, 0.2) is 0 Å². The fourth-order valence-corrected chi connectivity index (χ4v) is 4.76. The predicted octanol–water partition coefficient (Wildman–Crippen LogP) is 4.21. The van der Waals surface area contributed by atoms with E-state index in [2.05, 4.69) is 17.4 Å². The van der Waals surface area contributed by atoms with E-state index in [0.29, 0.717) is 12.8 Å². The first kappa shape index (κ1) is 16.6. The third-order valence-corrected chi connectivity index (χ3v) is 6.06. The maximum Gasteiger partial charge on any atom is 0.227 e. The second kappa shape index (κ2) is 7.19. The summed E-state index contributed by atoms with van der Waals surface area (Å²) in [6.45, 7) is 0.839. The van der Waals surface area contributed by atoms with Gasteiger partial charge in [-0.25, -0.2) is 0 Å². The molecule has 0 saturated heterocycles. The van der Waals surface area contributed by atoms with Crippen LogP contribution in [0.1, 0.15) is 68.9 Å². The zero-order valence-electron chi connectivity index (χ0n) is 15.0. The highest BCUT2D eigenvalue weighted by Crippen LogP contribution is 2.38. The summed E-state index contributed by atoms with van der Waals surface area (Å²) in [7, 11) is 0. The predicted molar refractivity (Wildman–Crippen MR) is 99.9 cm³/mol. The molecule has 2 amide bonds. The van der Waals surface area contributed by atoms with Crippen molar-refractivity contribution in [3.8, 4) is 0 Å². The van der Waals surface area contributed by atoms with Crippen LogP contribution in [0.3, 0.4) is 0 Å². The molecule has 1 aromatic rings. The van der Waals surface area contributed by atoms with Gasteiger partial charge in [0.2, 0.25) is 11.8 Å². The average molecular weight is 340 g/mol. The van der Waals surface area contributed by atoms with E-state index in [1.165, 1.54) is 43.2 Å². The molecule has 2 heterocycles. The van der Waals surface area contributed by atoms with Gasteiger partial charge in [-0.2, -0.15) is 0 Å². The van der Waals surface area contributed by atoms with Crippen LogP contribution in [0.25, 0.3) is 0 Å². The molecule has 4 heteroatoms. The van der Waals surface area contributed by atoms with Crippen LogP contribution in [0.4, 0.5) is 11.4 Å². The molecule has 1 aliphatic carbocycles. The van der Waals surface area contributed by atoms with E-state index in [1.54, 1.807) is 0 Å². The molecule has 4 nitrogen and oxygen atoms in total. The lowest BCUT2D eigenvalue weighted by Crippen LogP contribution is -2.39. The van der Waals surface area contributed by atoms with Crippen molar-refractivity contribution in [1.29, 1.82) is 0 Å². The van der Waals surface area contributed by atoms with Crippen LogP contribution in [0.5, 0.6) is 0 Å². The van der Waals surface area contributed by atoms with Crippen molar-refractivity contribution in [1.82, 2.24) is 0 Å². The summed E-state index contributed by atoms with van der Waals surface area (Å²) in [6, 6.07) is 4.17. The largest absolute Gasteiger partial charge is 0.326 e. The van der Waals surface area contributed by atoms with Crippen molar-refractivity contribution in [2.75, 3.05) is 16.8 Å². The lowest BCUT2D eigenvalue weighted by molar-refractivity contribution is -0.119. The van der Waals surface area contributed by atoms with E-state index in [-0.39, 0.29) is 11.8 Å². The van der Waals surface area contributed by atoms with Gasteiger partial charge in [0.1, 0.15) is 0 Å². The van der Waals surface area contributed by atoms with Crippen molar-refractivity contribution in [2.24, 2.45) is 5.92 Å². The SMILES string of the molecule is O=C(CCC1CCCCC1)Nc1cc2c3c(c1)CCC(=O)N3CCC2. The first-order chi connectivity index (χ1) is 12.2. The lowest BCUT2D eigenvalue weighted by Gasteiger charge is -2.35. The van der Waals surface area contributed by atoms with Crippen LogP contribution in [-0.2, 0) is 22.4 Å².